The zero-order valence-electron chi connectivity index (χ0n) is 9.51. The van der Waals surface area contributed by atoms with Gasteiger partial charge in [-0.25, -0.2) is 0 Å². The van der Waals surface area contributed by atoms with Gasteiger partial charge in [0.25, 0.3) is 0 Å². The monoisotopic (exact) mass is 223 g/mol. The van der Waals surface area contributed by atoms with Gasteiger partial charge in [0.1, 0.15) is 6.04 Å². The van der Waals surface area contributed by atoms with E-state index in [0.717, 1.165) is 5.56 Å². The Balaban J connectivity index is 2.54. The molecule has 0 amide bonds. The van der Waals surface area contributed by atoms with E-state index in [0.29, 0.717) is 6.54 Å². The van der Waals surface area contributed by atoms with E-state index in [1.165, 1.54) is 7.11 Å². The number of hydrogen-bond donors (Lipinski definition) is 2. The smallest absolute Gasteiger partial charge is 0.323 e. The van der Waals surface area contributed by atoms with Gasteiger partial charge in [-0.05, 0) is 12.5 Å². The normalized spacial score (nSPS) is 14.4. The Labute approximate surface area is 95.2 Å². The molecule has 4 heteroatoms. The number of carboxylic acid groups (broad SMARTS) is 1. The molecule has 0 aliphatic rings. The van der Waals surface area contributed by atoms with Crippen molar-refractivity contribution in [2.45, 2.75) is 25.6 Å². The Hall–Kier alpha value is -1.39. The van der Waals surface area contributed by atoms with Gasteiger partial charge in [-0.15, -0.1) is 0 Å². The second-order valence-electron chi connectivity index (χ2n) is 3.62. The molecule has 0 fully saturated rings. The van der Waals surface area contributed by atoms with Crippen molar-refractivity contribution in [1.82, 2.24) is 5.32 Å². The predicted molar refractivity (Wildman–Crippen MR) is 61.2 cm³/mol. The quantitative estimate of drug-likeness (QED) is 0.762. The van der Waals surface area contributed by atoms with Crippen LogP contribution >= 0.6 is 0 Å². The first kappa shape index (κ1) is 12.7. The maximum Gasteiger partial charge on any atom is 0.323 e. The summed E-state index contributed by atoms with van der Waals surface area (Å²) in [5.74, 6) is -0.898. The molecule has 1 rings (SSSR count). The van der Waals surface area contributed by atoms with Crippen molar-refractivity contribution in [3.05, 3.63) is 35.9 Å². The van der Waals surface area contributed by atoms with Crippen molar-refractivity contribution in [3.8, 4) is 0 Å². The van der Waals surface area contributed by atoms with Crippen LogP contribution in [0.1, 0.15) is 12.5 Å². The van der Waals surface area contributed by atoms with Gasteiger partial charge < -0.3 is 9.84 Å². The lowest BCUT2D eigenvalue weighted by molar-refractivity contribution is -0.142. The van der Waals surface area contributed by atoms with Crippen molar-refractivity contribution in [1.29, 1.82) is 0 Å². The van der Waals surface area contributed by atoms with E-state index in [4.69, 9.17) is 9.84 Å². The van der Waals surface area contributed by atoms with Crippen LogP contribution in [0.2, 0.25) is 0 Å². The van der Waals surface area contributed by atoms with Gasteiger partial charge in [-0.3, -0.25) is 10.1 Å². The van der Waals surface area contributed by atoms with Gasteiger partial charge >= 0.3 is 5.97 Å². The summed E-state index contributed by atoms with van der Waals surface area (Å²) in [7, 11) is 1.50. The van der Waals surface area contributed by atoms with Gasteiger partial charge in [-0.2, -0.15) is 0 Å². The van der Waals surface area contributed by atoms with Crippen LogP contribution in [-0.2, 0) is 16.1 Å². The SMILES string of the molecule is COC(C)C(NCc1ccccc1)C(=O)O. The molecular formula is C12H17NO3. The van der Waals surface area contributed by atoms with E-state index in [1.807, 2.05) is 30.3 Å². The number of benzene rings is 1. The first-order valence-electron chi connectivity index (χ1n) is 5.18. The largest absolute Gasteiger partial charge is 0.480 e. The van der Waals surface area contributed by atoms with E-state index >= 15 is 0 Å². The molecule has 0 spiro atoms. The van der Waals surface area contributed by atoms with E-state index < -0.39 is 12.0 Å². The molecule has 0 bridgehead atoms. The first-order valence-corrected chi connectivity index (χ1v) is 5.18. The lowest BCUT2D eigenvalue weighted by Crippen LogP contribution is -2.45. The van der Waals surface area contributed by atoms with Crippen LogP contribution in [0.15, 0.2) is 30.3 Å². The Kier molecular flexibility index (Phi) is 4.95. The van der Waals surface area contributed by atoms with Crippen LogP contribution in [0.25, 0.3) is 0 Å². The number of aliphatic carboxylic acids is 1. The summed E-state index contributed by atoms with van der Waals surface area (Å²) in [6.45, 7) is 2.25. The molecule has 0 aliphatic heterocycles. The minimum absolute atomic E-state index is 0.360. The number of rotatable bonds is 6. The fraction of sp³-hybridized carbons (Fsp3) is 0.417. The molecule has 0 radical (unpaired) electrons. The zero-order valence-corrected chi connectivity index (χ0v) is 9.51. The number of hydrogen-bond acceptors (Lipinski definition) is 3. The van der Waals surface area contributed by atoms with Crippen molar-refractivity contribution >= 4 is 5.97 Å². The molecular weight excluding hydrogens is 206 g/mol. The van der Waals surface area contributed by atoms with Gasteiger partial charge in [-0.1, -0.05) is 30.3 Å². The fourth-order valence-corrected chi connectivity index (χ4v) is 1.41. The number of carbonyl (C=O) groups is 1. The van der Waals surface area contributed by atoms with Crippen molar-refractivity contribution in [2.24, 2.45) is 0 Å². The lowest BCUT2D eigenvalue weighted by atomic mass is 10.1. The highest BCUT2D eigenvalue weighted by molar-refractivity contribution is 5.74. The maximum absolute atomic E-state index is 11.0. The summed E-state index contributed by atoms with van der Waals surface area (Å²) in [4.78, 5) is 11.0. The molecule has 2 unspecified atom stereocenters. The molecule has 1 aromatic carbocycles. The molecule has 0 saturated carbocycles. The third-order valence-electron chi connectivity index (χ3n) is 2.48. The van der Waals surface area contributed by atoms with Crippen LogP contribution in [0.3, 0.4) is 0 Å². The molecule has 0 aromatic heterocycles. The molecule has 4 nitrogen and oxygen atoms in total. The second kappa shape index (κ2) is 6.25. The van der Waals surface area contributed by atoms with Crippen LogP contribution in [0.5, 0.6) is 0 Å². The third-order valence-corrected chi connectivity index (χ3v) is 2.48. The first-order chi connectivity index (χ1) is 7.65. The fourth-order valence-electron chi connectivity index (χ4n) is 1.41. The maximum atomic E-state index is 11.0. The van der Waals surface area contributed by atoms with E-state index in [9.17, 15) is 4.79 Å². The van der Waals surface area contributed by atoms with Crippen LogP contribution in [0, 0.1) is 0 Å². The zero-order chi connectivity index (χ0) is 12.0. The van der Waals surface area contributed by atoms with E-state index in [2.05, 4.69) is 5.32 Å². The molecule has 2 atom stereocenters. The second-order valence-corrected chi connectivity index (χ2v) is 3.62. The summed E-state index contributed by atoms with van der Waals surface area (Å²) in [6, 6.07) is 8.98. The summed E-state index contributed by atoms with van der Waals surface area (Å²) in [5.41, 5.74) is 1.05. The molecule has 1 aromatic rings. The molecule has 88 valence electrons. The molecule has 0 saturated heterocycles. The molecule has 16 heavy (non-hydrogen) atoms. The lowest BCUT2D eigenvalue weighted by Gasteiger charge is -2.20. The van der Waals surface area contributed by atoms with Crippen molar-refractivity contribution < 1.29 is 14.6 Å². The van der Waals surface area contributed by atoms with Gasteiger partial charge in [0, 0.05) is 13.7 Å². The topological polar surface area (TPSA) is 58.6 Å². The van der Waals surface area contributed by atoms with Gasteiger partial charge in [0.2, 0.25) is 0 Å². The Bertz CT molecular complexity index is 326. The van der Waals surface area contributed by atoms with Crippen LogP contribution < -0.4 is 5.32 Å². The highest BCUT2D eigenvalue weighted by Crippen LogP contribution is 2.02. The van der Waals surface area contributed by atoms with Gasteiger partial charge in [0.05, 0.1) is 6.10 Å². The Morgan fingerprint density at radius 2 is 2.06 bits per heavy atom. The number of ether oxygens (including phenoxy) is 1. The van der Waals surface area contributed by atoms with Crippen molar-refractivity contribution in [3.63, 3.8) is 0 Å². The third kappa shape index (κ3) is 3.64. The molecule has 0 heterocycles. The summed E-state index contributed by atoms with van der Waals surface area (Å²) >= 11 is 0. The molecule has 0 aliphatic carbocycles. The number of carboxylic acids is 1. The minimum atomic E-state index is -0.898. The average Bonchev–Trinajstić information content (AvgIpc) is 2.30. The standard InChI is InChI=1S/C12H17NO3/c1-9(16-2)11(12(14)15)13-8-10-6-4-3-5-7-10/h3-7,9,11,13H,8H2,1-2H3,(H,14,15). The number of methoxy groups -OCH3 is 1. The van der Waals surface area contributed by atoms with Crippen LogP contribution in [0.4, 0.5) is 0 Å². The number of nitrogens with one attached hydrogen (secondary N) is 1. The van der Waals surface area contributed by atoms with E-state index in [1.54, 1.807) is 6.92 Å². The Morgan fingerprint density at radius 1 is 1.44 bits per heavy atom. The Morgan fingerprint density at radius 3 is 2.56 bits per heavy atom. The highest BCUT2D eigenvalue weighted by atomic mass is 16.5. The summed E-state index contributed by atoms with van der Waals surface area (Å²) in [5, 5.41) is 12.0. The van der Waals surface area contributed by atoms with Crippen molar-refractivity contribution in [2.75, 3.05) is 7.11 Å². The van der Waals surface area contributed by atoms with Gasteiger partial charge in [0.15, 0.2) is 0 Å². The van der Waals surface area contributed by atoms with Crippen LogP contribution in [-0.4, -0.2) is 30.3 Å². The highest BCUT2D eigenvalue weighted by Gasteiger charge is 2.23. The summed E-state index contributed by atoms with van der Waals surface area (Å²) in [6.07, 6.45) is -0.360. The predicted octanol–water partition coefficient (Wildman–Crippen LogP) is 1.26. The minimum Gasteiger partial charge on any atom is -0.480 e. The summed E-state index contributed by atoms with van der Waals surface area (Å²) < 4.78 is 5.02. The van der Waals surface area contributed by atoms with E-state index in [-0.39, 0.29) is 6.10 Å². The molecule has 2 N–H and O–H groups in total. The average molecular weight is 223 g/mol.